The molecular weight excluding hydrogens is 426 g/mol. The molecule has 3 aromatic rings. The molecular formula is C23H16F4N3O2+. The minimum absolute atomic E-state index is 0.0535. The zero-order chi connectivity index (χ0) is 22.7. The van der Waals surface area contributed by atoms with Gasteiger partial charge in [0.25, 0.3) is 5.56 Å². The second-order valence-corrected chi connectivity index (χ2v) is 8.00. The molecule has 0 spiro atoms. The molecule has 2 bridgehead atoms. The third-order valence-electron chi connectivity index (χ3n) is 6.12. The SMILES string of the molecule is Cc1c(CC(=O)[N+]2=C3C=C(c4ncc(F)cc4F)[C@@H](C3)C2)c(=O)[nH]c2ccc(F)c(F)c12. The van der Waals surface area contributed by atoms with Crippen LogP contribution in [-0.4, -0.2) is 32.7 Å². The smallest absolute Gasteiger partial charge is 0.322 e. The largest absolute Gasteiger partial charge is 0.391 e. The molecule has 0 saturated heterocycles. The molecule has 1 aliphatic heterocycles. The number of amides is 1. The Hall–Kier alpha value is -3.62. The number of pyridine rings is 2. The first-order valence-corrected chi connectivity index (χ1v) is 9.93. The lowest BCUT2D eigenvalue weighted by Gasteiger charge is -2.12. The summed E-state index contributed by atoms with van der Waals surface area (Å²) in [4.78, 5) is 31.8. The van der Waals surface area contributed by atoms with E-state index >= 15 is 0 Å². The van der Waals surface area contributed by atoms with Gasteiger partial charge in [0.15, 0.2) is 29.7 Å². The number of carbonyl (C=O) groups is 1. The summed E-state index contributed by atoms with van der Waals surface area (Å²) >= 11 is 0. The first-order chi connectivity index (χ1) is 15.2. The standard InChI is InChI=1S/C23H15F4N3O2/c1-10-14(23(32)29-18-3-2-16(25)21(27)20(10)18)7-19(31)30-9-11-4-13(30)6-15(11)22-17(26)5-12(24)8-28-22/h2-3,5-6,8,11H,4,7,9H2,1H3/p+1/t11-/m0/s1. The highest BCUT2D eigenvalue weighted by molar-refractivity contribution is 6.06. The number of H-pyrrole nitrogens is 1. The van der Waals surface area contributed by atoms with Crippen LogP contribution in [-0.2, 0) is 11.2 Å². The van der Waals surface area contributed by atoms with Gasteiger partial charge in [-0.25, -0.2) is 22.4 Å². The van der Waals surface area contributed by atoms with Crippen molar-refractivity contribution < 1.29 is 26.9 Å². The number of hydrogen-bond acceptors (Lipinski definition) is 3. The van der Waals surface area contributed by atoms with Gasteiger partial charge in [0.2, 0.25) is 0 Å². The Morgan fingerprint density at radius 3 is 2.69 bits per heavy atom. The van der Waals surface area contributed by atoms with E-state index in [-0.39, 0.29) is 52.5 Å². The number of allylic oxidation sites excluding steroid dienone is 1. The number of fused-ring (bicyclic) bond motifs is 3. The first kappa shape index (κ1) is 20.3. The normalized spacial score (nSPS) is 17.4. The Bertz CT molecular complexity index is 1460. The molecule has 1 aliphatic carbocycles. The molecule has 0 unspecified atom stereocenters. The fourth-order valence-corrected chi connectivity index (χ4v) is 4.56. The van der Waals surface area contributed by atoms with Gasteiger partial charge in [0.05, 0.1) is 17.6 Å². The minimum Gasteiger partial charge on any atom is -0.322 e. The molecule has 2 aliphatic rings. The fourth-order valence-electron chi connectivity index (χ4n) is 4.56. The average Bonchev–Trinajstić information content (AvgIpc) is 3.34. The second-order valence-electron chi connectivity index (χ2n) is 8.00. The predicted molar refractivity (Wildman–Crippen MR) is 108 cm³/mol. The van der Waals surface area contributed by atoms with Crippen molar-refractivity contribution in [2.45, 2.75) is 19.8 Å². The third kappa shape index (κ3) is 3.07. The van der Waals surface area contributed by atoms with Gasteiger partial charge in [-0.05, 0) is 30.2 Å². The maximum absolute atomic E-state index is 14.3. The zero-order valence-electron chi connectivity index (χ0n) is 16.8. The van der Waals surface area contributed by atoms with Crippen molar-refractivity contribution in [1.29, 1.82) is 0 Å². The number of carbonyl (C=O) groups excluding carboxylic acids is 1. The molecule has 1 aromatic carbocycles. The van der Waals surface area contributed by atoms with E-state index in [1.54, 1.807) is 6.08 Å². The Morgan fingerprint density at radius 2 is 2.00 bits per heavy atom. The van der Waals surface area contributed by atoms with Crippen LogP contribution in [0.25, 0.3) is 16.5 Å². The van der Waals surface area contributed by atoms with Crippen molar-refractivity contribution in [3.05, 3.63) is 80.9 Å². The van der Waals surface area contributed by atoms with E-state index in [0.29, 0.717) is 17.7 Å². The Kier molecular flexibility index (Phi) is 4.58. The van der Waals surface area contributed by atoms with Gasteiger partial charge >= 0.3 is 5.91 Å². The predicted octanol–water partition coefficient (Wildman–Crippen LogP) is 3.43. The van der Waals surface area contributed by atoms with Crippen molar-refractivity contribution in [2.75, 3.05) is 6.54 Å². The van der Waals surface area contributed by atoms with E-state index < -0.39 is 28.8 Å². The van der Waals surface area contributed by atoms with Gasteiger partial charge in [-0.15, -0.1) is 0 Å². The molecule has 1 atom stereocenters. The van der Waals surface area contributed by atoms with E-state index in [0.717, 1.165) is 18.3 Å². The van der Waals surface area contributed by atoms with E-state index in [2.05, 4.69) is 9.97 Å². The summed E-state index contributed by atoms with van der Waals surface area (Å²) in [6.45, 7) is 1.75. The maximum Gasteiger partial charge on any atom is 0.391 e. The monoisotopic (exact) mass is 442 g/mol. The van der Waals surface area contributed by atoms with Gasteiger partial charge < -0.3 is 4.98 Å². The summed E-state index contributed by atoms with van der Waals surface area (Å²) in [5.74, 6) is -4.24. The van der Waals surface area contributed by atoms with Gasteiger partial charge in [-0.1, -0.05) is 0 Å². The van der Waals surface area contributed by atoms with Crippen LogP contribution < -0.4 is 5.56 Å². The summed E-state index contributed by atoms with van der Waals surface area (Å²) in [6, 6.07) is 2.97. The summed E-state index contributed by atoms with van der Waals surface area (Å²) in [5.41, 5.74) is 1.17. The molecule has 1 N–H and O–H groups in total. The van der Waals surface area contributed by atoms with Crippen LogP contribution in [0.3, 0.4) is 0 Å². The quantitative estimate of drug-likeness (QED) is 0.499. The number of benzene rings is 1. The van der Waals surface area contributed by atoms with Crippen molar-refractivity contribution in [3.8, 4) is 0 Å². The third-order valence-corrected chi connectivity index (χ3v) is 6.12. The molecule has 162 valence electrons. The molecule has 3 heterocycles. The van der Waals surface area contributed by atoms with Crippen LogP contribution in [0.5, 0.6) is 0 Å². The second kappa shape index (κ2) is 7.22. The number of rotatable bonds is 3. The molecule has 0 radical (unpaired) electrons. The van der Waals surface area contributed by atoms with Gasteiger partial charge in [0, 0.05) is 29.5 Å². The highest BCUT2D eigenvalue weighted by Gasteiger charge is 2.43. The lowest BCUT2D eigenvalue weighted by atomic mass is 9.98. The minimum atomic E-state index is -1.08. The van der Waals surface area contributed by atoms with Crippen LogP contribution in [0.4, 0.5) is 17.6 Å². The number of aryl methyl sites for hydroxylation is 1. The zero-order valence-corrected chi connectivity index (χ0v) is 16.8. The van der Waals surface area contributed by atoms with Crippen LogP contribution >= 0.6 is 0 Å². The van der Waals surface area contributed by atoms with E-state index in [1.807, 2.05) is 0 Å². The van der Waals surface area contributed by atoms with E-state index in [1.165, 1.54) is 17.6 Å². The molecule has 2 aromatic heterocycles. The van der Waals surface area contributed by atoms with Crippen molar-refractivity contribution in [3.63, 3.8) is 0 Å². The number of halogens is 4. The molecule has 1 amide bonds. The number of aromatic amines is 1. The van der Waals surface area contributed by atoms with Crippen molar-refractivity contribution >= 4 is 28.1 Å². The van der Waals surface area contributed by atoms with Crippen molar-refractivity contribution in [1.82, 2.24) is 9.97 Å². The number of nitrogens with one attached hydrogen (secondary N) is 1. The molecule has 9 heteroatoms. The van der Waals surface area contributed by atoms with Crippen LogP contribution in [0.1, 0.15) is 23.2 Å². The summed E-state index contributed by atoms with van der Waals surface area (Å²) in [5, 5.41) is -0.0666. The molecule has 0 fully saturated rings. The van der Waals surface area contributed by atoms with E-state index in [9.17, 15) is 27.2 Å². The highest BCUT2D eigenvalue weighted by atomic mass is 19.2. The van der Waals surface area contributed by atoms with Gasteiger partial charge in [0.1, 0.15) is 17.9 Å². The lowest BCUT2D eigenvalue weighted by molar-refractivity contribution is -0.444. The highest BCUT2D eigenvalue weighted by Crippen LogP contribution is 2.37. The number of hydrogen-bond donors (Lipinski definition) is 1. The average molecular weight is 442 g/mol. The van der Waals surface area contributed by atoms with Gasteiger partial charge in [-0.2, -0.15) is 4.58 Å². The Labute approximate surface area is 178 Å². The first-order valence-electron chi connectivity index (χ1n) is 9.93. The molecule has 32 heavy (non-hydrogen) atoms. The van der Waals surface area contributed by atoms with Crippen LogP contribution in [0.2, 0.25) is 0 Å². The Morgan fingerprint density at radius 1 is 1.22 bits per heavy atom. The molecule has 5 nitrogen and oxygen atoms in total. The summed E-state index contributed by atoms with van der Waals surface area (Å²) in [6.07, 6.45) is 2.79. The van der Waals surface area contributed by atoms with Gasteiger partial charge in [-0.3, -0.25) is 9.78 Å². The topological polar surface area (TPSA) is 65.8 Å². The summed E-state index contributed by atoms with van der Waals surface area (Å²) < 4.78 is 56.8. The number of aromatic nitrogens is 2. The van der Waals surface area contributed by atoms with E-state index in [4.69, 9.17) is 0 Å². The molecule has 5 rings (SSSR count). The summed E-state index contributed by atoms with van der Waals surface area (Å²) in [7, 11) is 0. The molecule has 0 saturated carbocycles. The number of nitrogens with zero attached hydrogens (tertiary/aromatic N) is 2. The lowest BCUT2D eigenvalue weighted by Crippen LogP contribution is -2.30. The van der Waals surface area contributed by atoms with Crippen LogP contribution in [0, 0.1) is 36.1 Å². The maximum atomic E-state index is 14.3. The van der Waals surface area contributed by atoms with Crippen LogP contribution in [0.15, 0.2) is 35.3 Å². The Balaban J connectivity index is 1.49. The van der Waals surface area contributed by atoms with Crippen molar-refractivity contribution in [2.24, 2.45) is 5.92 Å². The fraction of sp³-hybridized carbons (Fsp3) is 0.217.